The number of rotatable bonds is 5. The van der Waals surface area contributed by atoms with Crippen LogP contribution in [0.4, 0.5) is 0 Å². The molecule has 4 heteroatoms. The predicted octanol–water partition coefficient (Wildman–Crippen LogP) is 2.67. The zero-order valence-electron chi connectivity index (χ0n) is 11.1. The maximum atomic E-state index is 11.4. The van der Waals surface area contributed by atoms with E-state index in [1.807, 2.05) is 12.1 Å². The van der Waals surface area contributed by atoms with Crippen LogP contribution >= 0.6 is 0 Å². The molecule has 0 saturated carbocycles. The molecule has 18 heavy (non-hydrogen) atoms. The fourth-order valence-electron chi connectivity index (χ4n) is 1.36. The highest BCUT2D eigenvalue weighted by Crippen LogP contribution is 2.23. The van der Waals surface area contributed by atoms with Crippen LogP contribution in [0, 0.1) is 0 Å². The number of carbonyl (C=O) groups is 1. The molecule has 0 spiro atoms. The van der Waals surface area contributed by atoms with Crippen molar-refractivity contribution in [2.75, 3.05) is 14.2 Å². The zero-order valence-corrected chi connectivity index (χ0v) is 11.1. The highest BCUT2D eigenvalue weighted by atomic mass is 16.5. The van der Waals surface area contributed by atoms with Gasteiger partial charge in [-0.1, -0.05) is 0 Å². The molecule has 0 atom stereocenters. The number of ether oxygens (including phenoxy) is 3. The molecule has 1 aromatic rings. The Kier molecular flexibility index (Phi) is 5.24. The summed E-state index contributed by atoms with van der Waals surface area (Å²) in [7, 11) is 3.16. The highest BCUT2D eigenvalue weighted by molar-refractivity contribution is 5.87. The zero-order chi connectivity index (χ0) is 13.5. The first kappa shape index (κ1) is 14.1. The van der Waals surface area contributed by atoms with Crippen LogP contribution in [-0.2, 0) is 9.53 Å². The van der Waals surface area contributed by atoms with E-state index in [0.29, 0.717) is 11.5 Å². The maximum Gasteiger partial charge on any atom is 0.331 e. The molecule has 0 fully saturated rings. The third kappa shape index (κ3) is 4.49. The molecule has 4 nitrogen and oxygen atoms in total. The molecular weight excluding hydrogens is 232 g/mol. The van der Waals surface area contributed by atoms with Gasteiger partial charge in [-0.3, -0.25) is 0 Å². The van der Waals surface area contributed by atoms with Crippen LogP contribution in [0.2, 0.25) is 0 Å². The molecule has 0 aliphatic carbocycles. The van der Waals surface area contributed by atoms with Gasteiger partial charge in [0.2, 0.25) is 0 Å². The van der Waals surface area contributed by atoms with Crippen molar-refractivity contribution in [2.24, 2.45) is 0 Å². The molecule has 0 amide bonds. The molecule has 0 aromatic heterocycles. The van der Waals surface area contributed by atoms with E-state index >= 15 is 0 Å². The van der Waals surface area contributed by atoms with Gasteiger partial charge in [0, 0.05) is 12.1 Å². The number of carbonyl (C=O) groups excluding carboxylic acids is 1. The Morgan fingerprint density at radius 3 is 2.11 bits per heavy atom. The first-order valence-corrected chi connectivity index (χ1v) is 5.67. The van der Waals surface area contributed by atoms with Gasteiger partial charge >= 0.3 is 5.97 Å². The van der Waals surface area contributed by atoms with Crippen molar-refractivity contribution in [3.63, 3.8) is 0 Å². The standard InChI is InChI=1S/C14H18O4/c1-10(2)18-14(15)6-5-11-7-12(16-3)9-13(8-11)17-4/h5-10H,1-4H3. The Hall–Kier alpha value is -1.97. The smallest absolute Gasteiger partial charge is 0.331 e. The van der Waals surface area contributed by atoms with E-state index in [2.05, 4.69) is 0 Å². The van der Waals surface area contributed by atoms with Crippen LogP contribution in [0.15, 0.2) is 24.3 Å². The van der Waals surface area contributed by atoms with Crippen LogP contribution in [0.1, 0.15) is 19.4 Å². The second kappa shape index (κ2) is 6.69. The van der Waals surface area contributed by atoms with Crippen molar-refractivity contribution in [3.8, 4) is 11.5 Å². The van der Waals surface area contributed by atoms with Crippen molar-refractivity contribution < 1.29 is 19.0 Å². The van der Waals surface area contributed by atoms with Gasteiger partial charge in [0.15, 0.2) is 0 Å². The van der Waals surface area contributed by atoms with E-state index in [9.17, 15) is 4.79 Å². The predicted molar refractivity (Wildman–Crippen MR) is 69.8 cm³/mol. The third-order valence-electron chi connectivity index (χ3n) is 2.14. The van der Waals surface area contributed by atoms with E-state index in [0.717, 1.165) is 5.56 Å². The number of benzene rings is 1. The van der Waals surface area contributed by atoms with Gasteiger partial charge in [0.1, 0.15) is 11.5 Å². The molecule has 0 bridgehead atoms. The van der Waals surface area contributed by atoms with Crippen LogP contribution in [0.3, 0.4) is 0 Å². The minimum absolute atomic E-state index is 0.123. The molecule has 0 aliphatic heterocycles. The molecule has 98 valence electrons. The quantitative estimate of drug-likeness (QED) is 0.595. The first-order valence-electron chi connectivity index (χ1n) is 5.67. The van der Waals surface area contributed by atoms with E-state index in [-0.39, 0.29) is 12.1 Å². The summed E-state index contributed by atoms with van der Waals surface area (Å²) >= 11 is 0. The van der Waals surface area contributed by atoms with Crippen molar-refractivity contribution in [3.05, 3.63) is 29.8 Å². The molecule has 0 N–H and O–H groups in total. The van der Waals surface area contributed by atoms with E-state index in [4.69, 9.17) is 14.2 Å². The van der Waals surface area contributed by atoms with Crippen molar-refractivity contribution in [1.29, 1.82) is 0 Å². The molecule has 0 radical (unpaired) electrons. The summed E-state index contributed by atoms with van der Waals surface area (Å²) in [6.07, 6.45) is 2.92. The van der Waals surface area contributed by atoms with Crippen LogP contribution < -0.4 is 9.47 Å². The maximum absolute atomic E-state index is 11.4. The Morgan fingerprint density at radius 1 is 1.11 bits per heavy atom. The normalized spacial score (nSPS) is 10.7. The Morgan fingerprint density at radius 2 is 1.67 bits per heavy atom. The molecule has 0 saturated heterocycles. The number of hydrogen-bond acceptors (Lipinski definition) is 4. The summed E-state index contributed by atoms with van der Waals surface area (Å²) in [5.41, 5.74) is 0.812. The largest absolute Gasteiger partial charge is 0.497 e. The topological polar surface area (TPSA) is 44.8 Å². The van der Waals surface area contributed by atoms with Crippen LogP contribution in [0.25, 0.3) is 6.08 Å². The molecule has 0 aliphatic rings. The molecule has 1 aromatic carbocycles. The molecule has 0 unspecified atom stereocenters. The Balaban J connectivity index is 2.83. The summed E-state index contributed by atoms with van der Waals surface area (Å²) < 4.78 is 15.3. The van der Waals surface area contributed by atoms with Crippen molar-refractivity contribution >= 4 is 12.0 Å². The van der Waals surface area contributed by atoms with Gasteiger partial charge < -0.3 is 14.2 Å². The summed E-state index contributed by atoms with van der Waals surface area (Å²) in [4.78, 5) is 11.4. The van der Waals surface area contributed by atoms with Gasteiger partial charge in [0.05, 0.1) is 20.3 Å². The van der Waals surface area contributed by atoms with E-state index in [1.165, 1.54) is 6.08 Å². The van der Waals surface area contributed by atoms with Crippen LogP contribution in [-0.4, -0.2) is 26.3 Å². The van der Waals surface area contributed by atoms with Gasteiger partial charge in [-0.05, 0) is 37.6 Å². The summed E-state index contributed by atoms with van der Waals surface area (Å²) in [5, 5.41) is 0. The minimum Gasteiger partial charge on any atom is -0.497 e. The minimum atomic E-state index is -0.369. The number of esters is 1. The fourth-order valence-corrected chi connectivity index (χ4v) is 1.36. The van der Waals surface area contributed by atoms with Crippen LogP contribution in [0.5, 0.6) is 11.5 Å². The van der Waals surface area contributed by atoms with Gasteiger partial charge in [-0.15, -0.1) is 0 Å². The first-order chi connectivity index (χ1) is 8.55. The second-order valence-corrected chi connectivity index (χ2v) is 3.96. The van der Waals surface area contributed by atoms with E-state index < -0.39 is 0 Å². The third-order valence-corrected chi connectivity index (χ3v) is 2.14. The lowest BCUT2D eigenvalue weighted by Crippen LogP contribution is -2.08. The average molecular weight is 250 g/mol. The van der Waals surface area contributed by atoms with Crippen molar-refractivity contribution in [2.45, 2.75) is 20.0 Å². The lowest BCUT2D eigenvalue weighted by atomic mass is 10.2. The lowest BCUT2D eigenvalue weighted by Gasteiger charge is -2.06. The summed E-state index contributed by atoms with van der Waals surface area (Å²) in [5.74, 6) is 0.976. The van der Waals surface area contributed by atoms with E-state index in [1.54, 1.807) is 40.2 Å². The number of hydrogen-bond donors (Lipinski definition) is 0. The van der Waals surface area contributed by atoms with Gasteiger partial charge in [-0.25, -0.2) is 4.79 Å². The van der Waals surface area contributed by atoms with Gasteiger partial charge in [-0.2, -0.15) is 0 Å². The van der Waals surface area contributed by atoms with Crippen molar-refractivity contribution in [1.82, 2.24) is 0 Å². The monoisotopic (exact) mass is 250 g/mol. The molecule has 0 heterocycles. The summed E-state index contributed by atoms with van der Waals surface area (Å²) in [6.45, 7) is 3.61. The Bertz CT molecular complexity index is 413. The molecule has 1 rings (SSSR count). The number of methoxy groups -OCH3 is 2. The molecular formula is C14H18O4. The SMILES string of the molecule is COc1cc(C=CC(=O)OC(C)C)cc(OC)c1. The lowest BCUT2D eigenvalue weighted by molar-refractivity contribution is -0.141. The Labute approximate surface area is 107 Å². The average Bonchev–Trinajstić information content (AvgIpc) is 2.35. The van der Waals surface area contributed by atoms with Gasteiger partial charge in [0.25, 0.3) is 0 Å². The highest BCUT2D eigenvalue weighted by Gasteiger charge is 2.02. The summed E-state index contributed by atoms with van der Waals surface area (Å²) in [6, 6.07) is 5.38. The fraction of sp³-hybridized carbons (Fsp3) is 0.357. The second-order valence-electron chi connectivity index (χ2n) is 3.96.